The maximum atomic E-state index is 12.5. The van der Waals surface area contributed by atoms with Crippen molar-refractivity contribution in [3.63, 3.8) is 0 Å². The Morgan fingerprint density at radius 2 is 1.79 bits per heavy atom. The second kappa shape index (κ2) is 10.9. The van der Waals surface area contributed by atoms with Crippen molar-refractivity contribution in [2.45, 2.75) is 51.5 Å². The second-order valence-corrected chi connectivity index (χ2v) is 9.56. The molecule has 4 rings (SSSR count). The van der Waals surface area contributed by atoms with E-state index in [1.807, 2.05) is 13.8 Å². The number of nitrogens with one attached hydrogen (secondary N) is 1. The first-order valence-corrected chi connectivity index (χ1v) is 12.4. The van der Waals surface area contributed by atoms with E-state index in [2.05, 4.69) is 15.3 Å². The molecule has 1 aromatic carbocycles. The monoisotopic (exact) mass is 488 g/mol. The molecule has 1 N–H and O–H groups in total. The van der Waals surface area contributed by atoms with E-state index >= 15 is 0 Å². The Bertz CT molecular complexity index is 1010. The molecule has 0 atom stereocenters. The summed E-state index contributed by atoms with van der Waals surface area (Å²) in [6.07, 6.45) is 5.72. The summed E-state index contributed by atoms with van der Waals surface area (Å²) in [6.45, 7) is 7.27. The lowest BCUT2D eigenvalue weighted by molar-refractivity contribution is -0.125. The quantitative estimate of drug-likeness (QED) is 0.601. The van der Waals surface area contributed by atoms with Gasteiger partial charge in [0.05, 0.1) is 40.9 Å². The van der Waals surface area contributed by atoms with Crippen LogP contribution in [0, 0.1) is 13.8 Å². The number of benzene rings is 1. The van der Waals surface area contributed by atoms with Crippen molar-refractivity contribution in [2.75, 3.05) is 39.5 Å². The number of hydrogen-bond donors (Lipinski definition) is 1. The summed E-state index contributed by atoms with van der Waals surface area (Å²) < 4.78 is 12.5. The third kappa shape index (κ3) is 5.45. The summed E-state index contributed by atoms with van der Waals surface area (Å²) in [6, 6.07) is 6.88. The Morgan fingerprint density at radius 3 is 2.41 bits per heavy atom. The number of aromatic nitrogens is 2. The van der Waals surface area contributed by atoms with E-state index in [1.165, 1.54) is 19.3 Å². The highest BCUT2D eigenvalue weighted by molar-refractivity contribution is 6.31. The standard InChI is InChI=1S/C25H33ClN4O4/c1-18-23(26)19(2)30(28-18)21-8-6-20(7-9-21)24(32)34-16-22(31)27-17-25(10-4-3-5-11-25)29-12-14-33-15-13-29/h6-9H,3-5,10-17H2,1-2H3,(H,27,31). The van der Waals surface area contributed by atoms with Crippen molar-refractivity contribution < 1.29 is 19.1 Å². The third-order valence-corrected chi connectivity index (χ3v) is 7.51. The molecular formula is C25H33ClN4O4. The molecule has 2 heterocycles. The maximum absolute atomic E-state index is 12.5. The largest absolute Gasteiger partial charge is 0.452 e. The Morgan fingerprint density at radius 1 is 1.12 bits per heavy atom. The molecule has 1 aromatic heterocycles. The Kier molecular flexibility index (Phi) is 7.91. The maximum Gasteiger partial charge on any atom is 0.338 e. The molecule has 1 amide bonds. The summed E-state index contributed by atoms with van der Waals surface area (Å²) in [7, 11) is 0. The highest BCUT2D eigenvalue weighted by Crippen LogP contribution is 2.33. The topological polar surface area (TPSA) is 85.7 Å². The van der Waals surface area contributed by atoms with Crippen molar-refractivity contribution in [1.82, 2.24) is 20.0 Å². The Hall–Kier alpha value is -2.42. The summed E-state index contributed by atoms with van der Waals surface area (Å²) in [4.78, 5) is 27.4. The summed E-state index contributed by atoms with van der Waals surface area (Å²) >= 11 is 6.23. The molecule has 1 aliphatic carbocycles. The van der Waals surface area contributed by atoms with E-state index in [-0.39, 0.29) is 18.1 Å². The molecule has 1 aliphatic heterocycles. The van der Waals surface area contributed by atoms with Crippen molar-refractivity contribution in [3.8, 4) is 5.69 Å². The molecule has 34 heavy (non-hydrogen) atoms. The minimum Gasteiger partial charge on any atom is -0.452 e. The number of carbonyl (C=O) groups is 2. The molecule has 1 saturated heterocycles. The van der Waals surface area contributed by atoms with Gasteiger partial charge in [-0.25, -0.2) is 9.48 Å². The zero-order valence-corrected chi connectivity index (χ0v) is 20.7. The van der Waals surface area contributed by atoms with Gasteiger partial charge in [0.2, 0.25) is 0 Å². The minimum absolute atomic E-state index is 0.0244. The van der Waals surface area contributed by atoms with Gasteiger partial charge in [0.25, 0.3) is 5.91 Å². The minimum atomic E-state index is -0.534. The van der Waals surface area contributed by atoms with Crippen LogP contribution in [0.25, 0.3) is 5.69 Å². The van der Waals surface area contributed by atoms with Crippen LogP contribution in [0.3, 0.4) is 0 Å². The lowest BCUT2D eigenvalue weighted by atomic mass is 9.79. The predicted octanol–water partition coefficient (Wildman–Crippen LogP) is 3.45. The number of esters is 1. The fourth-order valence-electron chi connectivity index (χ4n) is 4.99. The SMILES string of the molecule is Cc1nn(-c2ccc(C(=O)OCC(=O)NCC3(N4CCOCC4)CCCCC3)cc2)c(C)c1Cl. The van der Waals surface area contributed by atoms with Gasteiger partial charge in [-0.2, -0.15) is 5.10 Å². The van der Waals surface area contributed by atoms with Gasteiger partial charge in [-0.05, 0) is 51.0 Å². The normalized spacial score (nSPS) is 18.4. The van der Waals surface area contributed by atoms with Gasteiger partial charge in [-0.15, -0.1) is 0 Å². The van der Waals surface area contributed by atoms with Gasteiger partial charge < -0.3 is 14.8 Å². The van der Waals surface area contributed by atoms with Crippen LogP contribution in [0.4, 0.5) is 0 Å². The van der Waals surface area contributed by atoms with Crippen molar-refractivity contribution in [1.29, 1.82) is 0 Å². The summed E-state index contributed by atoms with van der Waals surface area (Å²) in [5.41, 5.74) is 2.73. The Balaban J connectivity index is 1.30. The first kappa shape index (κ1) is 24.7. The molecule has 2 aromatic rings. The number of aryl methyl sites for hydroxylation is 1. The zero-order chi connectivity index (χ0) is 24.1. The van der Waals surface area contributed by atoms with Gasteiger partial charge in [0, 0.05) is 25.2 Å². The molecule has 2 aliphatic rings. The molecule has 0 spiro atoms. The number of hydrogen-bond acceptors (Lipinski definition) is 6. The summed E-state index contributed by atoms with van der Waals surface area (Å²) in [5, 5.41) is 8.06. The fraction of sp³-hybridized carbons (Fsp3) is 0.560. The second-order valence-electron chi connectivity index (χ2n) is 9.18. The molecule has 8 nitrogen and oxygen atoms in total. The van der Waals surface area contributed by atoms with Gasteiger partial charge >= 0.3 is 5.97 Å². The number of morpholine rings is 1. The van der Waals surface area contributed by atoms with Crippen LogP contribution in [0.5, 0.6) is 0 Å². The number of nitrogens with zero attached hydrogens (tertiary/aromatic N) is 3. The zero-order valence-electron chi connectivity index (χ0n) is 19.9. The molecular weight excluding hydrogens is 456 g/mol. The number of ether oxygens (including phenoxy) is 2. The van der Waals surface area contributed by atoms with E-state index in [0.717, 1.165) is 56.2 Å². The molecule has 2 fully saturated rings. The van der Waals surface area contributed by atoms with E-state index in [9.17, 15) is 9.59 Å². The van der Waals surface area contributed by atoms with Crippen LogP contribution in [-0.4, -0.2) is 71.6 Å². The fourth-order valence-corrected chi connectivity index (χ4v) is 5.11. The highest BCUT2D eigenvalue weighted by Gasteiger charge is 2.38. The molecule has 0 bridgehead atoms. The molecule has 9 heteroatoms. The number of halogens is 1. The molecule has 0 radical (unpaired) electrons. The lowest BCUT2D eigenvalue weighted by Gasteiger charge is -2.48. The first-order valence-electron chi connectivity index (χ1n) is 12.0. The average molecular weight is 489 g/mol. The van der Waals surface area contributed by atoms with Crippen molar-refractivity contribution in [2.24, 2.45) is 0 Å². The van der Waals surface area contributed by atoms with Gasteiger partial charge in [0.1, 0.15) is 0 Å². The van der Waals surface area contributed by atoms with Crippen LogP contribution in [-0.2, 0) is 14.3 Å². The number of rotatable bonds is 7. The molecule has 184 valence electrons. The lowest BCUT2D eigenvalue weighted by Crippen LogP contribution is -2.59. The van der Waals surface area contributed by atoms with Crippen LogP contribution in [0.15, 0.2) is 24.3 Å². The highest BCUT2D eigenvalue weighted by atomic mass is 35.5. The van der Waals surface area contributed by atoms with Crippen LogP contribution in [0.1, 0.15) is 53.8 Å². The predicted molar refractivity (Wildman–Crippen MR) is 130 cm³/mol. The average Bonchev–Trinajstić information content (AvgIpc) is 3.14. The van der Waals surface area contributed by atoms with E-state index in [0.29, 0.717) is 17.1 Å². The smallest absolute Gasteiger partial charge is 0.338 e. The summed E-state index contributed by atoms with van der Waals surface area (Å²) in [5.74, 6) is -0.811. The van der Waals surface area contributed by atoms with Crippen LogP contribution >= 0.6 is 11.6 Å². The van der Waals surface area contributed by atoms with Crippen LogP contribution in [0.2, 0.25) is 5.02 Å². The van der Waals surface area contributed by atoms with Crippen molar-refractivity contribution in [3.05, 3.63) is 46.2 Å². The van der Waals surface area contributed by atoms with Crippen molar-refractivity contribution >= 4 is 23.5 Å². The van der Waals surface area contributed by atoms with E-state index < -0.39 is 5.97 Å². The van der Waals surface area contributed by atoms with E-state index in [1.54, 1.807) is 28.9 Å². The van der Waals surface area contributed by atoms with Gasteiger partial charge in [-0.3, -0.25) is 9.69 Å². The number of carbonyl (C=O) groups excluding carboxylic acids is 2. The Labute approximate surface area is 205 Å². The third-order valence-electron chi connectivity index (χ3n) is 6.97. The van der Waals surface area contributed by atoms with Gasteiger partial charge in [0.15, 0.2) is 6.61 Å². The molecule has 1 saturated carbocycles. The van der Waals surface area contributed by atoms with Crippen LogP contribution < -0.4 is 5.32 Å². The number of amides is 1. The van der Waals surface area contributed by atoms with E-state index in [4.69, 9.17) is 21.1 Å². The molecule has 0 unspecified atom stereocenters. The van der Waals surface area contributed by atoms with Gasteiger partial charge in [-0.1, -0.05) is 30.9 Å². The first-order chi connectivity index (χ1) is 16.4.